The van der Waals surface area contributed by atoms with Crippen molar-refractivity contribution in [2.24, 2.45) is 0 Å². The van der Waals surface area contributed by atoms with Crippen LogP contribution in [0.15, 0.2) is 42.7 Å². The Labute approximate surface area is 117 Å². The zero-order valence-corrected chi connectivity index (χ0v) is 11.1. The van der Waals surface area contributed by atoms with Gasteiger partial charge in [0.15, 0.2) is 0 Å². The molecule has 0 saturated carbocycles. The number of nitrogens with zero attached hydrogens (tertiary/aromatic N) is 3. The Kier molecular flexibility index (Phi) is 2.96. The summed E-state index contributed by atoms with van der Waals surface area (Å²) in [4.78, 5) is 18.0. The third-order valence-corrected chi connectivity index (χ3v) is 3.53. The van der Waals surface area contributed by atoms with E-state index in [9.17, 15) is 10.1 Å². The molecular formula is C16H13N3O. The summed E-state index contributed by atoms with van der Waals surface area (Å²) in [7, 11) is 0. The molecule has 0 aliphatic carbocycles. The molecule has 20 heavy (non-hydrogen) atoms. The predicted molar refractivity (Wildman–Crippen MR) is 73.6 cm³/mol. The van der Waals surface area contributed by atoms with Gasteiger partial charge in [0, 0.05) is 30.1 Å². The summed E-state index contributed by atoms with van der Waals surface area (Å²) in [6.07, 6.45) is 3.38. The highest BCUT2D eigenvalue weighted by Crippen LogP contribution is 2.34. The van der Waals surface area contributed by atoms with Gasteiger partial charge in [0.05, 0.1) is 6.07 Å². The summed E-state index contributed by atoms with van der Waals surface area (Å²) < 4.78 is 0. The maximum Gasteiger partial charge on any atom is 0.255 e. The summed E-state index contributed by atoms with van der Waals surface area (Å²) >= 11 is 0. The van der Waals surface area contributed by atoms with Crippen molar-refractivity contribution in [1.82, 2.24) is 9.88 Å². The lowest BCUT2D eigenvalue weighted by molar-refractivity contribution is 0.0744. The molecular weight excluding hydrogens is 250 g/mol. The number of carbonyl (C=O) groups excluding carboxylic acids is 1. The van der Waals surface area contributed by atoms with Crippen LogP contribution in [0, 0.1) is 18.3 Å². The number of aromatic nitrogens is 1. The normalized spacial score (nSPS) is 16.9. The van der Waals surface area contributed by atoms with Crippen LogP contribution in [0.5, 0.6) is 0 Å². The lowest BCUT2D eigenvalue weighted by Crippen LogP contribution is -2.26. The molecule has 0 bridgehead atoms. The van der Waals surface area contributed by atoms with E-state index in [-0.39, 0.29) is 5.91 Å². The lowest BCUT2D eigenvalue weighted by atomic mass is 10.0. The van der Waals surface area contributed by atoms with Crippen LogP contribution < -0.4 is 0 Å². The van der Waals surface area contributed by atoms with E-state index < -0.39 is 6.04 Å². The summed E-state index contributed by atoms with van der Waals surface area (Å²) in [6.45, 7) is 2.39. The number of benzene rings is 1. The van der Waals surface area contributed by atoms with Gasteiger partial charge in [-0.05, 0) is 30.7 Å². The maximum absolute atomic E-state index is 12.4. The molecule has 1 amide bonds. The van der Waals surface area contributed by atoms with E-state index in [1.165, 1.54) is 0 Å². The van der Waals surface area contributed by atoms with Crippen LogP contribution in [0.3, 0.4) is 0 Å². The predicted octanol–water partition coefficient (Wildman–Crippen LogP) is 2.61. The zero-order chi connectivity index (χ0) is 14.1. The highest BCUT2D eigenvalue weighted by Gasteiger charge is 2.36. The van der Waals surface area contributed by atoms with E-state index in [1.807, 2.05) is 37.3 Å². The minimum Gasteiger partial charge on any atom is -0.314 e. The number of hydrogen-bond acceptors (Lipinski definition) is 3. The second kappa shape index (κ2) is 4.78. The molecule has 0 spiro atoms. The Balaban J connectivity index is 1.98. The SMILES string of the molecule is Cc1ccc2c(c1)C(C#N)N(Cc1ccncc1)C2=O. The third-order valence-electron chi connectivity index (χ3n) is 3.53. The van der Waals surface area contributed by atoms with Gasteiger partial charge in [-0.1, -0.05) is 17.7 Å². The summed E-state index contributed by atoms with van der Waals surface area (Å²) in [6, 6.07) is 11.1. The zero-order valence-electron chi connectivity index (χ0n) is 11.1. The van der Waals surface area contributed by atoms with Gasteiger partial charge < -0.3 is 4.90 Å². The number of pyridine rings is 1. The average Bonchev–Trinajstić information content (AvgIpc) is 2.72. The number of aryl methyl sites for hydroxylation is 1. The van der Waals surface area contributed by atoms with Crippen molar-refractivity contribution < 1.29 is 4.79 Å². The first kappa shape index (κ1) is 12.4. The van der Waals surface area contributed by atoms with Crippen molar-refractivity contribution in [1.29, 1.82) is 5.26 Å². The molecule has 1 atom stereocenters. The van der Waals surface area contributed by atoms with Crippen LogP contribution >= 0.6 is 0 Å². The molecule has 2 aromatic rings. The van der Waals surface area contributed by atoms with Gasteiger partial charge in [0.2, 0.25) is 0 Å². The standard InChI is InChI=1S/C16H13N3O/c1-11-2-3-13-14(8-11)15(9-17)19(16(13)20)10-12-4-6-18-7-5-12/h2-8,15H,10H2,1H3. The van der Waals surface area contributed by atoms with Gasteiger partial charge in [0.25, 0.3) is 5.91 Å². The summed E-state index contributed by atoms with van der Waals surface area (Å²) in [5, 5.41) is 9.41. The van der Waals surface area contributed by atoms with Gasteiger partial charge in [0.1, 0.15) is 6.04 Å². The molecule has 1 aliphatic rings. The second-order valence-corrected chi connectivity index (χ2v) is 4.91. The molecule has 0 saturated heterocycles. The third kappa shape index (κ3) is 1.94. The van der Waals surface area contributed by atoms with Crippen LogP contribution in [0.2, 0.25) is 0 Å². The molecule has 0 radical (unpaired) electrons. The molecule has 4 nitrogen and oxygen atoms in total. The fourth-order valence-electron chi connectivity index (χ4n) is 2.53. The molecule has 1 unspecified atom stereocenters. The van der Waals surface area contributed by atoms with Crippen molar-refractivity contribution in [3.05, 3.63) is 65.0 Å². The minimum atomic E-state index is -0.509. The number of hydrogen-bond donors (Lipinski definition) is 0. The largest absolute Gasteiger partial charge is 0.314 e. The summed E-state index contributed by atoms with van der Waals surface area (Å²) in [5.74, 6) is -0.0802. The Hall–Kier alpha value is -2.67. The van der Waals surface area contributed by atoms with Gasteiger partial charge in [-0.3, -0.25) is 9.78 Å². The van der Waals surface area contributed by atoms with Crippen molar-refractivity contribution in [2.45, 2.75) is 19.5 Å². The smallest absolute Gasteiger partial charge is 0.255 e. The van der Waals surface area contributed by atoms with E-state index in [1.54, 1.807) is 17.3 Å². The van der Waals surface area contributed by atoms with Gasteiger partial charge in [-0.25, -0.2) is 0 Å². The highest BCUT2D eigenvalue weighted by atomic mass is 16.2. The Morgan fingerprint density at radius 1 is 1.30 bits per heavy atom. The molecule has 0 N–H and O–H groups in total. The number of fused-ring (bicyclic) bond motifs is 1. The van der Waals surface area contributed by atoms with Crippen molar-refractivity contribution in [3.63, 3.8) is 0 Å². The Bertz CT molecular complexity index is 703. The van der Waals surface area contributed by atoms with Gasteiger partial charge in [-0.2, -0.15) is 5.26 Å². The first-order valence-electron chi connectivity index (χ1n) is 6.41. The molecule has 0 fully saturated rings. The first-order valence-corrected chi connectivity index (χ1v) is 6.41. The van der Waals surface area contributed by atoms with Crippen molar-refractivity contribution in [2.75, 3.05) is 0 Å². The van der Waals surface area contributed by atoms with E-state index in [2.05, 4.69) is 11.1 Å². The maximum atomic E-state index is 12.4. The van der Waals surface area contributed by atoms with Gasteiger partial charge in [-0.15, -0.1) is 0 Å². The molecule has 2 heterocycles. The second-order valence-electron chi connectivity index (χ2n) is 4.91. The van der Waals surface area contributed by atoms with Crippen LogP contribution in [0.4, 0.5) is 0 Å². The quantitative estimate of drug-likeness (QED) is 0.836. The highest BCUT2D eigenvalue weighted by molar-refractivity contribution is 5.99. The topological polar surface area (TPSA) is 57.0 Å². The lowest BCUT2D eigenvalue weighted by Gasteiger charge is -2.20. The van der Waals surface area contributed by atoms with Crippen molar-refractivity contribution in [3.8, 4) is 6.07 Å². The number of amides is 1. The van der Waals surface area contributed by atoms with Crippen LogP contribution in [0.1, 0.15) is 33.1 Å². The fraction of sp³-hybridized carbons (Fsp3) is 0.188. The van der Waals surface area contributed by atoms with Crippen LogP contribution in [0.25, 0.3) is 0 Å². The summed E-state index contributed by atoms with van der Waals surface area (Å²) in [5.41, 5.74) is 3.48. The molecule has 4 heteroatoms. The molecule has 3 rings (SSSR count). The number of carbonyl (C=O) groups is 1. The average molecular weight is 263 g/mol. The monoisotopic (exact) mass is 263 g/mol. The first-order chi connectivity index (χ1) is 9.70. The molecule has 1 aromatic heterocycles. The van der Waals surface area contributed by atoms with E-state index in [0.717, 1.165) is 16.7 Å². The molecule has 1 aromatic carbocycles. The molecule has 1 aliphatic heterocycles. The van der Waals surface area contributed by atoms with Gasteiger partial charge >= 0.3 is 0 Å². The van der Waals surface area contributed by atoms with E-state index in [0.29, 0.717) is 12.1 Å². The molecule has 98 valence electrons. The number of nitriles is 1. The number of rotatable bonds is 2. The Morgan fingerprint density at radius 2 is 2.05 bits per heavy atom. The van der Waals surface area contributed by atoms with E-state index >= 15 is 0 Å². The minimum absolute atomic E-state index is 0.0802. The Morgan fingerprint density at radius 3 is 2.75 bits per heavy atom. The van der Waals surface area contributed by atoms with Crippen molar-refractivity contribution >= 4 is 5.91 Å². The van der Waals surface area contributed by atoms with E-state index in [4.69, 9.17) is 0 Å². The van der Waals surface area contributed by atoms with Crippen LogP contribution in [-0.2, 0) is 6.54 Å². The van der Waals surface area contributed by atoms with Crippen LogP contribution in [-0.4, -0.2) is 15.8 Å². The fourth-order valence-corrected chi connectivity index (χ4v) is 2.53.